The molecule has 0 amide bonds. The lowest BCUT2D eigenvalue weighted by Crippen LogP contribution is -2.43. The van der Waals surface area contributed by atoms with E-state index in [4.69, 9.17) is 9.47 Å². The van der Waals surface area contributed by atoms with Gasteiger partial charge in [-0.3, -0.25) is 4.98 Å². The molecular formula is C28H35N3O2. The topological polar surface area (TPSA) is 46.6 Å². The van der Waals surface area contributed by atoms with Crippen molar-refractivity contribution in [3.8, 4) is 22.6 Å². The number of ether oxygens (including phenoxy) is 2. The smallest absolute Gasteiger partial charge is 0.163 e. The molecular weight excluding hydrogens is 410 g/mol. The van der Waals surface area contributed by atoms with E-state index in [1.54, 1.807) is 14.2 Å². The Hall–Kier alpha value is -3.05. The predicted molar refractivity (Wildman–Crippen MR) is 135 cm³/mol. The Morgan fingerprint density at radius 1 is 0.970 bits per heavy atom. The zero-order valence-electron chi connectivity index (χ0n) is 20.2. The highest BCUT2D eigenvalue weighted by atomic mass is 16.5. The Bertz CT molecular complexity index is 1030. The van der Waals surface area contributed by atoms with E-state index in [2.05, 4.69) is 65.4 Å². The second kappa shape index (κ2) is 10.7. The van der Waals surface area contributed by atoms with Crippen LogP contribution < -0.4 is 19.7 Å². The van der Waals surface area contributed by atoms with Crippen LogP contribution in [0, 0.1) is 6.92 Å². The molecule has 1 aliphatic rings. The average Bonchev–Trinajstić information content (AvgIpc) is 2.87. The number of anilines is 1. The van der Waals surface area contributed by atoms with Gasteiger partial charge in [0.2, 0.25) is 0 Å². The molecule has 174 valence electrons. The third-order valence-electron chi connectivity index (χ3n) is 6.53. The molecule has 0 saturated carbocycles. The summed E-state index contributed by atoms with van der Waals surface area (Å²) in [7, 11) is 3.38. The Kier molecular flexibility index (Phi) is 7.50. The van der Waals surface area contributed by atoms with Crippen molar-refractivity contribution >= 4 is 5.69 Å². The number of nitrogens with zero attached hydrogens (tertiary/aromatic N) is 2. The van der Waals surface area contributed by atoms with Crippen LogP contribution in [0.2, 0.25) is 0 Å². The number of benzene rings is 2. The fraction of sp³-hybridized carbons (Fsp3) is 0.393. The zero-order chi connectivity index (χ0) is 23.2. The van der Waals surface area contributed by atoms with Gasteiger partial charge in [-0.05, 0) is 86.3 Å². The second-order valence-corrected chi connectivity index (χ2v) is 8.75. The van der Waals surface area contributed by atoms with Crippen LogP contribution >= 0.6 is 0 Å². The minimum atomic E-state index is 0.519. The van der Waals surface area contributed by atoms with Gasteiger partial charge < -0.3 is 19.7 Å². The zero-order valence-corrected chi connectivity index (χ0v) is 20.2. The Balaban J connectivity index is 1.66. The highest BCUT2D eigenvalue weighted by Gasteiger charge is 2.22. The summed E-state index contributed by atoms with van der Waals surface area (Å²) in [6.07, 6.45) is 7.10. The van der Waals surface area contributed by atoms with Crippen LogP contribution in [-0.2, 0) is 13.0 Å². The van der Waals surface area contributed by atoms with Crippen molar-refractivity contribution in [2.75, 3.05) is 32.2 Å². The molecule has 5 nitrogen and oxygen atoms in total. The van der Waals surface area contributed by atoms with Gasteiger partial charge in [0.25, 0.3) is 0 Å². The second-order valence-electron chi connectivity index (χ2n) is 8.75. The fourth-order valence-electron chi connectivity index (χ4n) is 4.69. The van der Waals surface area contributed by atoms with Crippen molar-refractivity contribution in [1.29, 1.82) is 0 Å². The lowest BCUT2D eigenvalue weighted by atomic mass is 9.99. The standard InChI is InChI=1S/C28H35N3O2/c1-5-22-15-23(16-27(32-3)28(22)33-4)24-14-21(17-30-18-24)19-31(26-10-12-29-13-11-26)25-8-6-20(2)7-9-25/h6-9,14-18,26,29H,5,10-13,19H2,1-4H3. The molecule has 0 aliphatic carbocycles. The van der Waals surface area contributed by atoms with Crippen molar-refractivity contribution in [3.05, 3.63) is 71.5 Å². The molecule has 0 spiro atoms. The Morgan fingerprint density at radius 3 is 2.39 bits per heavy atom. The third-order valence-corrected chi connectivity index (χ3v) is 6.53. The summed E-state index contributed by atoms with van der Waals surface area (Å²) in [6, 6.07) is 15.9. The lowest BCUT2D eigenvalue weighted by molar-refractivity contribution is 0.352. The molecule has 1 fully saturated rings. The van der Waals surface area contributed by atoms with Gasteiger partial charge in [-0.1, -0.05) is 24.6 Å². The van der Waals surface area contributed by atoms with Gasteiger partial charge in [0.15, 0.2) is 11.5 Å². The summed E-state index contributed by atoms with van der Waals surface area (Å²) >= 11 is 0. The van der Waals surface area contributed by atoms with E-state index in [1.807, 2.05) is 18.5 Å². The largest absolute Gasteiger partial charge is 0.493 e. The van der Waals surface area contributed by atoms with E-state index in [0.29, 0.717) is 6.04 Å². The van der Waals surface area contributed by atoms with E-state index in [9.17, 15) is 0 Å². The number of aryl methyl sites for hydroxylation is 2. The van der Waals surface area contributed by atoms with Crippen molar-refractivity contribution in [1.82, 2.24) is 10.3 Å². The minimum Gasteiger partial charge on any atom is -0.493 e. The van der Waals surface area contributed by atoms with Gasteiger partial charge in [0.05, 0.1) is 14.2 Å². The average molecular weight is 446 g/mol. The number of hydrogen-bond donors (Lipinski definition) is 1. The molecule has 0 radical (unpaired) electrons. The van der Waals surface area contributed by atoms with Gasteiger partial charge in [-0.15, -0.1) is 0 Å². The van der Waals surface area contributed by atoms with Crippen LogP contribution in [0.5, 0.6) is 11.5 Å². The molecule has 0 unspecified atom stereocenters. The van der Waals surface area contributed by atoms with Crippen LogP contribution in [0.3, 0.4) is 0 Å². The molecule has 1 aliphatic heterocycles. The summed E-state index contributed by atoms with van der Waals surface area (Å²) in [5.41, 5.74) is 7.10. The number of rotatable bonds is 8. The molecule has 1 N–H and O–H groups in total. The number of hydrogen-bond acceptors (Lipinski definition) is 5. The summed E-state index contributed by atoms with van der Waals surface area (Å²) in [6.45, 7) is 7.24. The van der Waals surface area contributed by atoms with Gasteiger partial charge in [-0.25, -0.2) is 0 Å². The lowest BCUT2D eigenvalue weighted by Gasteiger charge is -2.36. The first kappa shape index (κ1) is 23.1. The Morgan fingerprint density at radius 2 is 1.73 bits per heavy atom. The highest BCUT2D eigenvalue weighted by Crippen LogP contribution is 2.37. The maximum atomic E-state index is 5.62. The van der Waals surface area contributed by atoms with Crippen molar-refractivity contribution in [2.45, 2.75) is 45.7 Å². The summed E-state index contributed by atoms with van der Waals surface area (Å²) in [5.74, 6) is 1.57. The van der Waals surface area contributed by atoms with Crippen molar-refractivity contribution < 1.29 is 9.47 Å². The van der Waals surface area contributed by atoms with E-state index in [1.165, 1.54) is 16.8 Å². The molecule has 0 atom stereocenters. The molecule has 1 saturated heterocycles. The van der Waals surface area contributed by atoms with E-state index in [-0.39, 0.29) is 0 Å². The number of pyridine rings is 1. The van der Waals surface area contributed by atoms with Crippen LogP contribution in [0.4, 0.5) is 5.69 Å². The monoisotopic (exact) mass is 445 g/mol. The SMILES string of the molecule is CCc1cc(-c2cncc(CN(c3ccc(C)cc3)C3CCNCC3)c2)cc(OC)c1OC. The van der Waals surface area contributed by atoms with E-state index < -0.39 is 0 Å². The fourth-order valence-corrected chi connectivity index (χ4v) is 4.69. The number of methoxy groups -OCH3 is 2. The molecule has 0 bridgehead atoms. The van der Waals surface area contributed by atoms with Gasteiger partial charge in [-0.2, -0.15) is 0 Å². The first-order valence-electron chi connectivity index (χ1n) is 11.9. The number of nitrogens with one attached hydrogen (secondary N) is 1. The van der Waals surface area contributed by atoms with Gasteiger partial charge in [0.1, 0.15) is 0 Å². The van der Waals surface area contributed by atoms with Crippen LogP contribution in [-0.4, -0.2) is 38.3 Å². The molecule has 33 heavy (non-hydrogen) atoms. The predicted octanol–water partition coefficient (Wildman–Crippen LogP) is 5.40. The maximum absolute atomic E-state index is 5.62. The molecule has 2 aromatic carbocycles. The summed E-state index contributed by atoms with van der Waals surface area (Å²) in [5, 5.41) is 3.49. The molecule has 2 heterocycles. The molecule has 4 rings (SSSR count). The highest BCUT2D eigenvalue weighted by molar-refractivity contribution is 5.69. The Labute approximate surface area is 197 Å². The first-order chi connectivity index (χ1) is 16.1. The van der Waals surface area contributed by atoms with Crippen molar-refractivity contribution in [3.63, 3.8) is 0 Å². The van der Waals surface area contributed by atoms with Gasteiger partial charge in [0, 0.05) is 36.2 Å². The van der Waals surface area contributed by atoms with E-state index in [0.717, 1.165) is 67.1 Å². The number of piperidine rings is 1. The molecule has 5 heteroatoms. The minimum absolute atomic E-state index is 0.519. The van der Waals surface area contributed by atoms with Crippen LogP contribution in [0.1, 0.15) is 36.5 Å². The van der Waals surface area contributed by atoms with Gasteiger partial charge >= 0.3 is 0 Å². The van der Waals surface area contributed by atoms with Crippen molar-refractivity contribution in [2.24, 2.45) is 0 Å². The summed E-state index contributed by atoms with van der Waals surface area (Å²) in [4.78, 5) is 7.16. The summed E-state index contributed by atoms with van der Waals surface area (Å²) < 4.78 is 11.2. The normalized spacial score (nSPS) is 14.2. The maximum Gasteiger partial charge on any atom is 0.163 e. The van der Waals surface area contributed by atoms with Crippen LogP contribution in [0.15, 0.2) is 54.9 Å². The third kappa shape index (κ3) is 5.31. The first-order valence-corrected chi connectivity index (χ1v) is 11.9. The quantitative estimate of drug-likeness (QED) is 0.503. The number of aromatic nitrogens is 1. The molecule has 3 aromatic rings. The molecule has 1 aromatic heterocycles. The van der Waals surface area contributed by atoms with Crippen LogP contribution in [0.25, 0.3) is 11.1 Å². The van der Waals surface area contributed by atoms with E-state index >= 15 is 0 Å².